The fourth-order valence-corrected chi connectivity index (χ4v) is 2.38. The van der Waals surface area contributed by atoms with Gasteiger partial charge in [0.15, 0.2) is 0 Å². The Kier molecular flexibility index (Phi) is 4.80. The Morgan fingerprint density at radius 2 is 1.90 bits per heavy atom. The van der Waals surface area contributed by atoms with Crippen molar-refractivity contribution in [2.45, 2.75) is 6.92 Å². The van der Waals surface area contributed by atoms with Crippen molar-refractivity contribution in [2.24, 2.45) is 0 Å². The highest BCUT2D eigenvalue weighted by atomic mass is 16.5. The molecule has 0 aliphatic carbocycles. The zero-order valence-corrected chi connectivity index (χ0v) is 12.5. The summed E-state index contributed by atoms with van der Waals surface area (Å²) in [4.78, 5) is 27.5. The largest absolute Gasteiger partial charge is 0.468 e. The molecule has 1 amide bonds. The maximum Gasteiger partial charge on any atom is 0.319 e. The minimum atomic E-state index is -0.252. The third-order valence-corrected chi connectivity index (χ3v) is 3.68. The minimum absolute atomic E-state index is 0.0473. The number of nitrogens with two attached hydrogens (primary N) is 1. The maximum absolute atomic E-state index is 12.5. The van der Waals surface area contributed by atoms with Gasteiger partial charge in [-0.3, -0.25) is 14.5 Å². The second kappa shape index (κ2) is 6.58. The van der Waals surface area contributed by atoms with Gasteiger partial charge in [-0.25, -0.2) is 0 Å². The van der Waals surface area contributed by atoms with E-state index in [1.54, 1.807) is 11.0 Å². The lowest BCUT2D eigenvalue weighted by molar-refractivity contribution is -0.142. The SMILES string of the molecule is COC(=O)CN1CCN(C(=O)c2cc(C)ccc2N)CC1. The summed E-state index contributed by atoms with van der Waals surface area (Å²) in [7, 11) is 1.38. The zero-order valence-electron chi connectivity index (χ0n) is 12.5. The van der Waals surface area contributed by atoms with E-state index in [-0.39, 0.29) is 18.4 Å². The lowest BCUT2D eigenvalue weighted by Gasteiger charge is -2.34. The van der Waals surface area contributed by atoms with Crippen LogP contribution in [0.25, 0.3) is 0 Å². The van der Waals surface area contributed by atoms with Crippen LogP contribution in [0, 0.1) is 6.92 Å². The number of hydrogen-bond acceptors (Lipinski definition) is 5. The molecule has 114 valence electrons. The van der Waals surface area contributed by atoms with Crippen LogP contribution >= 0.6 is 0 Å². The van der Waals surface area contributed by atoms with E-state index >= 15 is 0 Å². The van der Waals surface area contributed by atoms with Crippen molar-refractivity contribution in [1.29, 1.82) is 0 Å². The number of esters is 1. The van der Waals surface area contributed by atoms with E-state index in [2.05, 4.69) is 4.74 Å². The number of anilines is 1. The third kappa shape index (κ3) is 3.72. The first-order valence-electron chi connectivity index (χ1n) is 6.96. The molecule has 0 saturated carbocycles. The molecule has 0 spiro atoms. The predicted molar refractivity (Wildman–Crippen MR) is 80.0 cm³/mol. The molecule has 1 aliphatic heterocycles. The van der Waals surface area contributed by atoms with Crippen molar-refractivity contribution in [3.63, 3.8) is 0 Å². The number of carbonyl (C=O) groups is 2. The first-order valence-corrected chi connectivity index (χ1v) is 6.96. The molecule has 0 bridgehead atoms. The number of ether oxygens (including phenoxy) is 1. The van der Waals surface area contributed by atoms with Crippen molar-refractivity contribution < 1.29 is 14.3 Å². The Balaban J connectivity index is 1.97. The summed E-state index contributed by atoms with van der Waals surface area (Å²) in [6.45, 7) is 4.70. The van der Waals surface area contributed by atoms with Gasteiger partial charge in [0.05, 0.1) is 19.2 Å². The second-order valence-electron chi connectivity index (χ2n) is 5.24. The Hall–Kier alpha value is -2.08. The number of carbonyl (C=O) groups excluding carboxylic acids is 2. The fourth-order valence-electron chi connectivity index (χ4n) is 2.38. The molecule has 0 unspecified atom stereocenters. The van der Waals surface area contributed by atoms with Crippen LogP contribution in [0.3, 0.4) is 0 Å². The van der Waals surface area contributed by atoms with Gasteiger partial charge in [0.1, 0.15) is 0 Å². The molecule has 1 aliphatic rings. The molecular weight excluding hydrogens is 270 g/mol. The van der Waals surface area contributed by atoms with Gasteiger partial charge in [-0.2, -0.15) is 0 Å². The van der Waals surface area contributed by atoms with E-state index in [1.807, 2.05) is 24.0 Å². The molecule has 2 rings (SSSR count). The summed E-state index contributed by atoms with van der Waals surface area (Å²) in [6, 6.07) is 5.47. The summed E-state index contributed by atoms with van der Waals surface area (Å²) in [5, 5.41) is 0. The first-order chi connectivity index (χ1) is 10.0. The fraction of sp³-hybridized carbons (Fsp3) is 0.467. The van der Waals surface area contributed by atoms with E-state index in [0.29, 0.717) is 37.4 Å². The third-order valence-electron chi connectivity index (χ3n) is 3.68. The predicted octanol–water partition coefficient (Wildman–Crippen LogP) is 0.508. The normalized spacial score (nSPS) is 15.8. The van der Waals surface area contributed by atoms with Crippen molar-refractivity contribution in [1.82, 2.24) is 9.80 Å². The van der Waals surface area contributed by atoms with Crippen LogP contribution in [0.1, 0.15) is 15.9 Å². The molecule has 6 nitrogen and oxygen atoms in total. The van der Waals surface area contributed by atoms with Gasteiger partial charge in [-0.05, 0) is 19.1 Å². The standard InChI is InChI=1S/C15H21N3O3/c1-11-3-4-13(16)12(9-11)15(20)18-7-5-17(6-8-18)10-14(19)21-2/h3-4,9H,5-8,10,16H2,1-2H3. The van der Waals surface area contributed by atoms with Gasteiger partial charge in [0.2, 0.25) is 0 Å². The highest BCUT2D eigenvalue weighted by Crippen LogP contribution is 2.17. The van der Waals surface area contributed by atoms with E-state index in [1.165, 1.54) is 7.11 Å². The molecule has 1 saturated heterocycles. The smallest absolute Gasteiger partial charge is 0.319 e. The van der Waals surface area contributed by atoms with Gasteiger partial charge in [-0.15, -0.1) is 0 Å². The number of rotatable bonds is 3. The molecule has 0 atom stereocenters. The van der Waals surface area contributed by atoms with Crippen molar-refractivity contribution in [3.8, 4) is 0 Å². The van der Waals surface area contributed by atoms with Crippen LogP contribution in [0.2, 0.25) is 0 Å². The van der Waals surface area contributed by atoms with E-state index in [0.717, 1.165) is 5.56 Å². The van der Waals surface area contributed by atoms with E-state index < -0.39 is 0 Å². The maximum atomic E-state index is 12.5. The van der Waals surface area contributed by atoms with Gasteiger partial charge in [0, 0.05) is 31.9 Å². The summed E-state index contributed by atoms with van der Waals surface area (Å²) in [5.41, 5.74) is 7.95. The number of aryl methyl sites for hydroxylation is 1. The summed E-state index contributed by atoms with van der Waals surface area (Å²) in [5.74, 6) is -0.299. The molecule has 0 radical (unpaired) electrons. The molecular formula is C15H21N3O3. The molecule has 1 heterocycles. The van der Waals surface area contributed by atoms with Crippen LogP contribution in [0.15, 0.2) is 18.2 Å². The Bertz CT molecular complexity index is 537. The van der Waals surface area contributed by atoms with Crippen molar-refractivity contribution in [2.75, 3.05) is 45.6 Å². The second-order valence-corrected chi connectivity index (χ2v) is 5.24. The lowest BCUT2D eigenvalue weighted by Crippen LogP contribution is -2.50. The summed E-state index contributed by atoms with van der Waals surface area (Å²) in [6.07, 6.45) is 0. The Labute approximate surface area is 124 Å². The van der Waals surface area contributed by atoms with Crippen LogP contribution in [0.4, 0.5) is 5.69 Å². The molecule has 1 aromatic rings. The van der Waals surface area contributed by atoms with Crippen LogP contribution in [-0.4, -0.2) is 61.5 Å². The minimum Gasteiger partial charge on any atom is -0.468 e. The first kappa shape index (κ1) is 15.3. The summed E-state index contributed by atoms with van der Waals surface area (Å²) < 4.78 is 4.65. The van der Waals surface area contributed by atoms with Crippen LogP contribution in [-0.2, 0) is 9.53 Å². The number of amides is 1. The summed E-state index contributed by atoms with van der Waals surface area (Å²) >= 11 is 0. The van der Waals surface area contributed by atoms with Crippen LogP contribution in [0.5, 0.6) is 0 Å². The van der Waals surface area contributed by atoms with E-state index in [4.69, 9.17) is 5.73 Å². The Morgan fingerprint density at radius 3 is 2.52 bits per heavy atom. The monoisotopic (exact) mass is 291 g/mol. The number of nitrogens with zero attached hydrogens (tertiary/aromatic N) is 2. The Morgan fingerprint density at radius 1 is 1.24 bits per heavy atom. The highest BCUT2D eigenvalue weighted by Gasteiger charge is 2.24. The number of piperazine rings is 1. The molecule has 21 heavy (non-hydrogen) atoms. The molecule has 1 fully saturated rings. The molecule has 0 aromatic heterocycles. The molecule has 1 aromatic carbocycles. The average Bonchev–Trinajstić information content (AvgIpc) is 2.49. The average molecular weight is 291 g/mol. The van der Waals surface area contributed by atoms with Gasteiger partial charge < -0.3 is 15.4 Å². The number of benzene rings is 1. The topological polar surface area (TPSA) is 75.9 Å². The number of hydrogen-bond donors (Lipinski definition) is 1. The number of nitrogen functional groups attached to an aromatic ring is 1. The lowest BCUT2D eigenvalue weighted by atomic mass is 10.1. The molecule has 6 heteroatoms. The number of methoxy groups -OCH3 is 1. The quantitative estimate of drug-likeness (QED) is 0.648. The molecule has 2 N–H and O–H groups in total. The highest BCUT2D eigenvalue weighted by molar-refractivity contribution is 5.99. The van der Waals surface area contributed by atoms with Gasteiger partial charge in [-0.1, -0.05) is 11.6 Å². The van der Waals surface area contributed by atoms with Crippen LogP contribution < -0.4 is 5.73 Å². The zero-order chi connectivity index (χ0) is 15.4. The van der Waals surface area contributed by atoms with Crippen molar-refractivity contribution >= 4 is 17.6 Å². The van der Waals surface area contributed by atoms with E-state index in [9.17, 15) is 9.59 Å². The van der Waals surface area contributed by atoms with Gasteiger partial charge >= 0.3 is 5.97 Å². The van der Waals surface area contributed by atoms with Crippen molar-refractivity contribution in [3.05, 3.63) is 29.3 Å². The van der Waals surface area contributed by atoms with Gasteiger partial charge in [0.25, 0.3) is 5.91 Å².